The largest absolute Gasteiger partial charge is 0.496 e. The third kappa shape index (κ3) is 4.66. The van der Waals surface area contributed by atoms with Gasteiger partial charge in [-0.3, -0.25) is 0 Å². The van der Waals surface area contributed by atoms with E-state index in [2.05, 4.69) is 13.8 Å². The van der Waals surface area contributed by atoms with E-state index in [1.165, 1.54) is 7.11 Å². The van der Waals surface area contributed by atoms with Crippen molar-refractivity contribution in [2.45, 2.75) is 26.7 Å². The highest BCUT2D eigenvalue weighted by atomic mass is 16.5. The summed E-state index contributed by atoms with van der Waals surface area (Å²) in [5.74, 6) is 0.517. The lowest BCUT2D eigenvalue weighted by Crippen LogP contribution is -2.09. The van der Waals surface area contributed by atoms with Gasteiger partial charge in [-0.2, -0.15) is 0 Å². The molecule has 26 heavy (non-hydrogen) atoms. The summed E-state index contributed by atoms with van der Waals surface area (Å²) in [6.45, 7) is 4.27. The Hall–Kier alpha value is -2.75. The maximum absolute atomic E-state index is 11.9. The highest BCUT2D eigenvalue weighted by molar-refractivity contribution is 5.97. The third-order valence-corrected chi connectivity index (χ3v) is 4.24. The minimum Gasteiger partial charge on any atom is -0.496 e. The van der Waals surface area contributed by atoms with Gasteiger partial charge in [-0.1, -0.05) is 56.3 Å². The van der Waals surface area contributed by atoms with Crippen molar-refractivity contribution < 1.29 is 19.4 Å². The molecular formula is C22H26O4. The Morgan fingerprint density at radius 3 is 2.35 bits per heavy atom. The number of carboxylic acids is 1. The molecule has 0 fully saturated rings. The van der Waals surface area contributed by atoms with Crippen molar-refractivity contribution in [3.8, 4) is 11.5 Å². The molecule has 0 aliphatic heterocycles. The Bertz CT molecular complexity index is 776. The van der Waals surface area contributed by atoms with Gasteiger partial charge in [0.05, 0.1) is 14.2 Å². The number of carbonyl (C=O) groups is 1. The summed E-state index contributed by atoms with van der Waals surface area (Å²) >= 11 is 0. The van der Waals surface area contributed by atoms with Gasteiger partial charge < -0.3 is 14.6 Å². The van der Waals surface area contributed by atoms with Crippen LogP contribution in [0.5, 0.6) is 11.5 Å². The van der Waals surface area contributed by atoms with Crippen LogP contribution in [0.3, 0.4) is 0 Å². The van der Waals surface area contributed by atoms with Crippen LogP contribution in [0.2, 0.25) is 0 Å². The number of methoxy groups -OCH3 is 2. The molecule has 0 atom stereocenters. The standard InChI is InChI=1S/C22H26O4/c1-15(2)10-13-18-19(25-3)14-17(20(22(23)24)21(18)26-4)12-11-16-8-6-5-7-9-16/h5-9,11-12,14-15H,10,13H2,1-4H3,(H,23,24)/b12-11+. The van der Waals surface area contributed by atoms with Crippen LogP contribution in [0.1, 0.15) is 47.3 Å². The Labute approximate surface area is 155 Å². The number of hydrogen-bond donors (Lipinski definition) is 1. The molecule has 0 amide bonds. The van der Waals surface area contributed by atoms with Gasteiger partial charge in [0.15, 0.2) is 0 Å². The molecule has 4 heteroatoms. The van der Waals surface area contributed by atoms with Crippen LogP contribution < -0.4 is 9.47 Å². The lowest BCUT2D eigenvalue weighted by molar-refractivity contribution is 0.0693. The molecule has 0 aliphatic rings. The molecule has 4 nitrogen and oxygen atoms in total. The van der Waals surface area contributed by atoms with Gasteiger partial charge in [0.1, 0.15) is 17.1 Å². The number of ether oxygens (including phenoxy) is 2. The van der Waals surface area contributed by atoms with E-state index in [9.17, 15) is 9.90 Å². The highest BCUT2D eigenvalue weighted by Gasteiger charge is 2.23. The molecule has 0 aromatic heterocycles. The van der Waals surface area contributed by atoms with Gasteiger partial charge in [-0.05, 0) is 36.0 Å². The molecule has 0 aliphatic carbocycles. The summed E-state index contributed by atoms with van der Waals surface area (Å²) in [5, 5.41) is 9.79. The van der Waals surface area contributed by atoms with E-state index in [0.29, 0.717) is 29.4 Å². The van der Waals surface area contributed by atoms with Crippen LogP contribution in [-0.2, 0) is 6.42 Å². The predicted molar refractivity (Wildman–Crippen MR) is 105 cm³/mol. The first-order chi connectivity index (χ1) is 12.5. The van der Waals surface area contributed by atoms with E-state index in [1.54, 1.807) is 19.3 Å². The molecule has 1 N–H and O–H groups in total. The number of rotatable bonds is 8. The Balaban J connectivity index is 2.57. The summed E-state index contributed by atoms with van der Waals surface area (Å²) in [4.78, 5) is 11.9. The normalized spacial score (nSPS) is 11.1. The Morgan fingerprint density at radius 1 is 1.12 bits per heavy atom. The van der Waals surface area contributed by atoms with Crippen LogP contribution in [0.15, 0.2) is 36.4 Å². The second kappa shape index (κ2) is 9.09. The lowest BCUT2D eigenvalue weighted by Gasteiger charge is -2.18. The number of aromatic carboxylic acids is 1. The van der Waals surface area contributed by atoms with E-state index in [4.69, 9.17) is 9.47 Å². The van der Waals surface area contributed by atoms with Gasteiger partial charge in [0.25, 0.3) is 0 Å². The van der Waals surface area contributed by atoms with E-state index in [0.717, 1.165) is 17.5 Å². The monoisotopic (exact) mass is 354 g/mol. The SMILES string of the molecule is COc1cc(/C=C/c2ccccc2)c(C(=O)O)c(OC)c1CCC(C)C. The Kier molecular flexibility index (Phi) is 6.84. The van der Waals surface area contributed by atoms with Gasteiger partial charge in [-0.15, -0.1) is 0 Å². The molecule has 0 heterocycles. The predicted octanol–water partition coefficient (Wildman–Crippen LogP) is 5.16. The molecule has 0 unspecified atom stereocenters. The fourth-order valence-electron chi connectivity index (χ4n) is 2.87. The topological polar surface area (TPSA) is 55.8 Å². The first-order valence-electron chi connectivity index (χ1n) is 8.72. The first kappa shape index (κ1) is 19.6. The zero-order chi connectivity index (χ0) is 19.1. The smallest absolute Gasteiger partial charge is 0.340 e. The maximum Gasteiger partial charge on any atom is 0.340 e. The van der Waals surface area contributed by atoms with Crippen molar-refractivity contribution >= 4 is 18.1 Å². The van der Waals surface area contributed by atoms with Crippen molar-refractivity contribution in [2.24, 2.45) is 5.92 Å². The molecule has 0 bridgehead atoms. The fraction of sp³-hybridized carbons (Fsp3) is 0.318. The average molecular weight is 354 g/mol. The summed E-state index contributed by atoms with van der Waals surface area (Å²) in [6.07, 6.45) is 5.29. The van der Waals surface area contributed by atoms with Crippen LogP contribution in [-0.4, -0.2) is 25.3 Å². The van der Waals surface area contributed by atoms with Gasteiger partial charge in [0, 0.05) is 5.56 Å². The second-order valence-electron chi connectivity index (χ2n) is 6.54. The number of hydrogen-bond acceptors (Lipinski definition) is 3. The van der Waals surface area contributed by atoms with E-state index >= 15 is 0 Å². The first-order valence-corrected chi connectivity index (χ1v) is 8.72. The molecule has 2 rings (SSSR count). The zero-order valence-electron chi connectivity index (χ0n) is 15.8. The van der Waals surface area contributed by atoms with Gasteiger partial charge in [-0.25, -0.2) is 4.79 Å². The van der Waals surface area contributed by atoms with Crippen molar-refractivity contribution in [3.05, 3.63) is 58.7 Å². The molecular weight excluding hydrogens is 328 g/mol. The van der Waals surface area contributed by atoms with Gasteiger partial charge >= 0.3 is 5.97 Å². The van der Waals surface area contributed by atoms with Gasteiger partial charge in [0.2, 0.25) is 0 Å². The summed E-state index contributed by atoms with van der Waals surface area (Å²) < 4.78 is 11.1. The van der Waals surface area contributed by atoms with E-state index in [-0.39, 0.29) is 5.56 Å². The lowest BCUT2D eigenvalue weighted by atomic mass is 9.95. The molecule has 138 valence electrons. The van der Waals surface area contributed by atoms with E-state index < -0.39 is 5.97 Å². The molecule has 0 spiro atoms. The van der Waals surface area contributed by atoms with Crippen molar-refractivity contribution in [1.29, 1.82) is 0 Å². The van der Waals surface area contributed by atoms with Crippen molar-refractivity contribution in [2.75, 3.05) is 14.2 Å². The quantitative estimate of drug-likeness (QED) is 0.665. The number of carboxylic acid groups (broad SMARTS) is 1. The van der Waals surface area contributed by atoms with Crippen LogP contribution in [0.4, 0.5) is 0 Å². The maximum atomic E-state index is 11.9. The van der Waals surface area contributed by atoms with Crippen molar-refractivity contribution in [1.82, 2.24) is 0 Å². The minimum atomic E-state index is -1.01. The van der Waals surface area contributed by atoms with Crippen LogP contribution in [0, 0.1) is 5.92 Å². The number of benzene rings is 2. The minimum absolute atomic E-state index is 0.166. The zero-order valence-corrected chi connectivity index (χ0v) is 15.8. The molecule has 0 saturated heterocycles. The summed E-state index contributed by atoms with van der Waals surface area (Å²) in [7, 11) is 3.10. The fourth-order valence-corrected chi connectivity index (χ4v) is 2.87. The molecule has 2 aromatic carbocycles. The second-order valence-corrected chi connectivity index (χ2v) is 6.54. The molecule has 2 aromatic rings. The third-order valence-electron chi connectivity index (χ3n) is 4.24. The van der Waals surface area contributed by atoms with E-state index in [1.807, 2.05) is 36.4 Å². The van der Waals surface area contributed by atoms with Crippen LogP contribution in [0.25, 0.3) is 12.2 Å². The summed E-state index contributed by atoms with van der Waals surface area (Å²) in [6, 6.07) is 11.5. The Morgan fingerprint density at radius 2 is 1.81 bits per heavy atom. The average Bonchev–Trinajstić information content (AvgIpc) is 2.64. The highest BCUT2D eigenvalue weighted by Crippen LogP contribution is 2.37. The summed E-state index contributed by atoms with van der Waals surface area (Å²) in [5.41, 5.74) is 2.52. The van der Waals surface area contributed by atoms with Crippen LogP contribution >= 0.6 is 0 Å². The molecule has 0 radical (unpaired) electrons. The molecule has 0 saturated carbocycles. The van der Waals surface area contributed by atoms with Crippen molar-refractivity contribution in [3.63, 3.8) is 0 Å².